The van der Waals surface area contributed by atoms with E-state index in [1.807, 2.05) is 18.7 Å². The molecule has 0 atom stereocenters. The summed E-state index contributed by atoms with van der Waals surface area (Å²) < 4.78 is 1.91. The van der Waals surface area contributed by atoms with Crippen LogP contribution in [0.5, 0.6) is 0 Å². The third kappa shape index (κ3) is 2.53. The van der Waals surface area contributed by atoms with E-state index in [4.69, 9.17) is 0 Å². The summed E-state index contributed by atoms with van der Waals surface area (Å²) in [5.41, 5.74) is 1.92. The second-order valence-electron chi connectivity index (χ2n) is 5.43. The number of rotatable bonds is 3. The number of hydrogen-bond donors (Lipinski definition) is 1. The average molecular weight is 251 g/mol. The molecule has 1 aromatic heterocycles. The van der Waals surface area contributed by atoms with Crippen LogP contribution in [0, 0.1) is 6.92 Å². The van der Waals surface area contributed by atoms with Crippen molar-refractivity contribution in [3.8, 4) is 0 Å². The molecule has 4 heteroatoms. The zero-order valence-corrected chi connectivity index (χ0v) is 11.8. The highest BCUT2D eigenvalue weighted by Gasteiger charge is 2.23. The minimum Gasteiger partial charge on any atom is -0.391 e. The summed E-state index contributed by atoms with van der Waals surface area (Å²) >= 11 is 0. The molecule has 1 aliphatic rings. The van der Waals surface area contributed by atoms with E-state index in [1.54, 1.807) is 0 Å². The van der Waals surface area contributed by atoms with Crippen LogP contribution < -0.4 is 4.90 Å². The summed E-state index contributed by atoms with van der Waals surface area (Å²) in [5.74, 6) is 1.09. The highest BCUT2D eigenvalue weighted by Crippen LogP contribution is 2.29. The van der Waals surface area contributed by atoms with E-state index in [-0.39, 0.29) is 6.61 Å². The molecular formula is C14H25N3O. The zero-order chi connectivity index (χ0) is 13.1. The van der Waals surface area contributed by atoms with Gasteiger partial charge in [-0.15, -0.1) is 0 Å². The molecule has 0 radical (unpaired) electrons. The largest absolute Gasteiger partial charge is 0.391 e. The molecule has 1 N–H and O–H groups in total. The summed E-state index contributed by atoms with van der Waals surface area (Å²) in [7, 11) is 4.11. The van der Waals surface area contributed by atoms with Gasteiger partial charge in [-0.2, -0.15) is 5.10 Å². The molecule has 0 spiro atoms. The van der Waals surface area contributed by atoms with Gasteiger partial charge in [0.25, 0.3) is 0 Å². The number of aliphatic hydroxyl groups excluding tert-OH is 1. The Morgan fingerprint density at radius 1 is 1.28 bits per heavy atom. The number of aromatic nitrogens is 2. The Hall–Kier alpha value is -1.03. The maximum atomic E-state index is 9.54. The normalized spacial score (nSPS) is 17.8. The molecule has 0 unspecified atom stereocenters. The van der Waals surface area contributed by atoms with Crippen LogP contribution in [0.1, 0.15) is 49.8 Å². The van der Waals surface area contributed by atoms with Gasteiger partial charge in [-0.1, -0.05) is 25.7 Å². The minimum absolute atomic E-state index is 0.0755. The molecule has 1 aliphatic carbocycles. The van der Waals surface area contributed by atoms with Crippen molar-refractivity contribution in [1.82, 2.24) is 9.78 Å². The Morgan fingerprint density at radius 3 is 2.44 bits per heavy atom. The lowest BCUT2D eigenvalue weighted by Gasteiger charge is -2.29. The lowest BCUT2D eigenvalue weighted by atomic mass is 10.1. The van der Waals surface area contributed by atoms with E-state index in [2.05, 4.69) is 17.0 Å². The van der Waals surface area contributed by atoms with E-state index in [0.29, 0.717) is 6.04 Å². The Balaban J connectivity index is 2.23. The van der Waals surface area contributed by atoms with Gasteiger partial charge in [-0.25, -0.2) is 0 Å². The van der Waals surface area contributed by atoms with Gasteiger partial charge >= 0.3 is 0 Å². The Bertz CT molecular complexity index is 392. The maximum absolute atomic E-state index is 9.54. The summed E-state index contributed by atoms with van der Waals surface area (Å²) in [5, 5.41) is 14.0. The molecule has 18 heavy (non-hydrogen) atoms. The van der Waals surface area contributed by atoms with Crippen molar-refractivity contribution in [1.29, 1.82) is 0 Å². The zero-order valence-electron chi connectivity index (χ0n) is 11.8. The predicted molar refractivity (Wildman–Crippen MR) is 73.8 cm³/mol. The molecule has 0 bridgehead atoms. The van der Waals surface area contributed by atoms with Crippen LogP contribution in [0.4, 0.5) is 5.82 Å². The van der Waals surface area contributed by atoms with E-state index in [0.717, 1.165) is 17.1 Å². The summed E-state index contributed by atoms with van der Waals surface area (Å²) in [6.45, 7) is 2.04. The van der Waals surface area contributed by atoms with Crippen molar-refractivity contribution >= 4 is 5.82 Å². The van der Waals surface area contributed by atoms with Gasteiger partial charge < -0.3 is 10.0 Å². The quantitative estimate of drug-likeness (QED) is 0.839. The molecule has 4 nitrogen and oxygen atoms in total. The third-order valence-corrected chi connectivity index (χ3v) is 4.18. The van der Waals surface area contributed by atoms with E-state index in [9.17, 15) is 5.11 Å². The molecular weight excluding hydrogens is 226 g/mol. The number of anilines is 1. The number of hydrogen-bond acceptors (Lipinski definition) is 3. The van der Waals surface area contributed by atoms with Crippen LogP contribution in [0.2, 0.25) is 0 Å². The first-order chi connectivity index (χ1) is 8.65. The van der Waals surface area contributed by atoms with Crippen LogP contribution in [0.15, 0.2) is 0 Å². The highest BCUT2D eigenvalue weighted by molar-refractivity contribution is 5.50. The highest BCUT2D eigenvalue weighted by atomic mass is 16.3. The van der Waals surface area contributed by atoms with Crippen molar-refractivity contribution in [2.45, 2.75) is 58.1 Å². The van der Waals surface area contributed by atoms with Gasteiger partial charge in [-0.05, 0) is 19.8 Å². The molecule has 102 valence electrons. The van der Waals surface area contributed by atoms with Gasteiger partial charge in [-0.3, -0.25) is 4.68 Å². The van der Waals surface area contributed by atoms with Crippen molar-refractivity contribution in [3.63, 3.8) is 0 Å². The van der Waals surface area contributed by atoms with Gasteiger partial charge in [0, 0.05) is 25.7 Å². The van der Waals surface area contributed by atoms with Gasteiger partial charge in [0.05, 0.1) is 12.3 Å². The van der Waals surface area contributed by atoms with E-state index < -0.39 is 0 Å². The molecule has 0 aromatic carbocycles. The SMILES string of the molecule is Cc1nn(C)c(N(C)C2CCCCCC2)c1CO. The van der Waals surface area contributed by atoms with Crippen LogP contribution >= 0.6 is 0 Å². The average Bonchev–Trinajstić information content (AvgIpc) is 2.57. The molecule has 1 fully saturated rings. The van der Waals surface area contributed by atoms with E-state index >= 15 is 0 Å². The Kier molecular flexibility index (Phi) is 4.27. The fourth-order valence-corrected chi connectivity index (χ4v) is 3.13. The molecule has 0 saturated heterocycles. The summed E-state index contributed by atoms with van der Waals surface area (Å²) in [6.07, 6.45) is 7.88. The number of aryl methyl sites for hydroxylation is 2. The molecule has 1 saturated carbocycles. The number of aliphatic hydroxyl groups is 1. The molecule has 1 aromatic rings. The fraction of sp³-hybridized carbons (Fsp3) is 0.786. The smallest absolute Gasteiger partial charge is 0.132 e. The molecule has 2 rings (SSSR count). The lowest BCUT2D eigenvalue weighted by molar-refractivity contribution is 0.281. The van der Waals surface area contributed by atoms with Crippen LogP contribution in [-0.2, 0) is 13.7 Å². The second-order valence-corrected chi connectivity index (χ2v) is 5.43. The van der Waals surface area contributed by atoms with E-state index in [1.165, 1.54) is 38.5 Å². The molecule has 1 heterocycles. The standard InChI is InChI=1S/C14H25N3O/c1-11-13(10-18)14(17(3)15-11)16(2)12-8-6-4-5-7-9-12/h12,18H,4-10H2,1-3H3. The Morgan fingerprint density at radius 2 is 1.89 bits per heavy atom. The topological polar surface area (TPSA) is 41.3 Å². The monoisotopic (exact) mass is 251 g/mol. The second kappa shape index (κ2) is 5.74. The van der Waals surface area contributed by atoms with Crippen LogP contribution in [0.25, 0.3) is 0 Å². The first-order valence-corrected chi connectivity index (χ1v) is 7.01. The summed E-state index contributed by atoms with van der Waals surface area (Å²) in [6, 6.07) is 0.590. The lowest BCUT2D eigenvalue weighted by Crippen LogP contribution is -2.33. The van der Waals surface area contributed by atoms with Crippen molar-refractivity contribution in [2.75, 3.05) is 11.9 Å². The third-order valence-electron chi connectivity index (χ3n) is 4.18. The first kappa shape index (κ1) is 13.4. The molecule has 0 aliphatic heterocycles. The van der Waals surface area contributed by atoms with Gasteiger partial charge in [0.2, 0.25) is 0 Å². The van der Waals surface area contributed by atoms with Crippen molar-refractivity contribution in [3.05, 3.63) is 11.3 Å². The minimum atomic E-state index is 0.0755. The van der Waals surface area contributed by atoms with Crippen LogP contribution in [0.3, 0.4) is 0 Å². The Labute approximate surface area is 110 Å². The fourth-order valence-electron chi connectivity index (χ4n) is 3.13. The van der Waals surface area contributed by atoms with Crippen molar-refractivity contribution in [2.24, 2.45) is 7.05 Å². The van der Waals surface area contributed by atoms with Crippen LogP contribution in [-0.4, -0.2) is 28.0 Å². The number of nitrogens with zero attached hydrogens (tertiary/aromatic N) is 3. The van der Waals surface area contributed by atoms with Crippen molar-refractivity contribution < 1.29 is 5.11 Å². The summed E-state index contributed by atoms with van der Waals surface area (Å²) in [4.78, 5) is 2.33. The maximum Gasteiger partial charge on any atom is 0.132 e. The predicted octanol–water partition coefficient (Wildman–Crippen LogP) is 2.38. The van der Waals surface area contributed by atoms with Gasteiger partial charge in [0.15, 0.2) is 0 Å². The van der Waals surface area contributed by atoms with Gasteiger partial charge in [0.1, 0.15) is 5.82 Å². The first-order valence-electron chi connectivity index (χ1n) is 7.01. The molecule has 0 amide bonds.